The lowest BCUT2D eigenvalue weighted by atomic mass is 10.2. The molecule has 2 aromatic rings. The molecule has 20 heavy (non-hydrogen) atoms. The number of hydrogen-bond donors (Lipinski definition) is 1. The molecule has 1 N–H and O–H groups in total. The van der Waals surface area contributed by atoms with Crippen LogP contribution in [-0.2, 0) is 13.2 Å². The Morgan fingerprint density at radius 2 is 2.05 bits per heavy atom. The van der Waals surface area contributed by atoms with Crippen molar-refractivity contribution in [2.45, 2.75) is 39.0 Å². The molecule has 0 atom stereocenters. The molecule has 0 amide bonds. The molecule has 1 aliphatic rings. The van der Waals surface area contributed by atoms with E-state index in [-0.39, 0.29) is 0 Å². The summed E-state index contributed by atoms with van der Waals surface area (Å²) in [6.45, 7) is 3.34. The van der Waals surface area contributed by atoms with Crippen molar-refractivity contribution in [2.24, 2.45) is 0 Å². The number of aryl methyl sites for hydroxylation is 1. The van der Waals surface area contributed by atoms with Gasteiger partial charge in [-0.1, -0.05) is 30.3 Å². The molecule has 0 radical (unpaired) electrons. The summed E-state index contributed by atoms with van der Waals surface area (Å²) in [4.78, 5) is 8.69. The third-order valence-electron chi connectivity index (χ3n) is 3.43. The lowest BCUT2D eigenvalue weighted by molar-refractivity contribution is 0.279. The minimum Gasteiger partial charge on any atom is -0.459 e. The Morgan fingerprint density at radius 3 is 2.75 bits per heavy atom. The summed E-state index contributed by atoms with van der Waals surface area (Å²) in [7, 11) is 0. The van der Waals surface area contributed by atoms with Crippen LogP contribution in [0.25, 0.3) is 0 Å². The third kappa shape index (κ3) is 3.54. The van der Waals surface area contributed by atoms with Gasteiger partial charge in [-0.15, -0.1) is 0 Å². The first-order valence-corrected chi connectivity index (χ1v) is 7.04. The van der Waals surface area contributed by atoms with Gasteiger partial charge in [-0.25, -0.2) is 9.97 Å². The van der Waals surface area contributed by atoms with E-state index in [1.54, 1.807) is 0 Å². The molecule has 104 valence electrons. The van der Waals surface area contributed by atoms with Crippen molar-refractivity contribution in [3.05, 3.63) is 53.3 Å². The van der Waals surface area contributed by atoms with E-state index in [0.717, 1.165) is 23.4 Å². The predicted molar refractivity (Wildman–Crippen MR) is 77.4 cm³/mol. The molecule has 1 fully saturated rings. The highest BCUT2D eigenvalue weighted by Crippen LogP contribution is 2.19. The topological polar surface area (TPSA) is 47.0 Å². The van der Waals surface area contributed by atoms with Crippen LogP contribution in [-0.4, -0.2) is 16.0 Å². The second-order valence-corrected chi connectivity index (χ2v) is 5.19. The molecular formula is C16H19N3O. The van der Waals surface area contributed by atoms with Gasteiger partial charge < -0.3 is 10.1 Å². The van der Waals surface area contributed by atoms with Gasteiger partial charge in [0.1, 0.15) is 6.61 Å². The van der Waals surface area contributed by atoms with Crippen molar-refractivity contribution in [1.29, 1.82) is 0 Å². The summed E-state index contributed by atoms with van der Waals surface area (Å²) in [5.41, 5.74) is 3.24. The summed E-state index contributed by atoms with van der Waals surface area (Å²) >= 11 is 0. The number of rotatable bonds is 6. The van der Waals surface area contributed by atoms with E-state index >= 15 is 0 Å². The van der Waals surface area contributed by atoms with Crippen LogP contribution in [0.1, 0.15) is 29.7 Å². The molecule has 1 aliphatic carbocycles. The zero-order valence-corrected chi connectivity index (χ0v) is 11.7. The lowest BCUT2D eigenvalue weighted by Crippen LogP contribution is -2.16. The highest BCUT2D eigenvalue weighted by molar-refractivity contribution is 5.19. The fraction of sp³-hybridized carbons (Fsp3) is 0.375. The molecule has 0 aliphatic heterocycles. The van der Waals surface area contributed by atoms with Gasteiger partial charge in [0.25, 0.3) is 0 Å². The zero-order valence-electron chi connectivity index (χ0n) is 11.7. The molecule has 0 unspecified atom stereocenters. The van der Waals surface area contributed by atoms with Crippen molar-refractivity contribution in [2.75, 3.05) is 0 Å². The first-order chi connectivity index (χ1) is 9.81. The summed E-state index contributed by atoms with van der Waals surface area (Å²) in [6.07, 6.45) is 4.44. The number of nitrogens with one attached hydrogen (secondary N) is 1. The summed E-state index contributed by atoms with van der Waals surface area (Å²) in [5, 5.41) is 3.47. The second-order valence-electron chi connectivity index (χ2n) is 5.19. The Bertz CT molecular complexity index is 567. The van der Waals surface area contributed by atoms with Gasteiger partial charge in [0.05, 0.1) is 0 Å². The van der Waals surface area contributed by atoms with Gasteiger partial charge in [0.2, 0.25) is 0 Å². The van der Waals surface area contributed by atoms with Crippen LogP contribution in [0, 0.1) is 6.92 Å². The van der Waals surface area contributed by atoms with E-state index in [2.05, 4.69) is 15.3 Å². The molecule has 4 heteroatoms. The van der Waals surface area contributed by atoms with Gasteiger partial charge >= 0.3 is 6.01 Å². The van der Waals surface area contributed by atoms with Crippen molar-refractivity contribution in [3.63, 3.8) is 0 Å². The summed E-state index contributed by atoms with van der Waals surface area (Å²) < 4.78 is 5.62. The van der Waals surface area contributed by atoms with Crippen LogP contribution in [0.15, 0.2) is 36.5 Å². The number of ether oxygens (including phenoxy) is 1. The average molecular weight is 269 g/mol. The molecule has 3 rings (SSSR count). The molecule has 1 saturated carbocycles. The summed E-state index contributed by atoms with van der Waals surface area (Å²) in [6, 6.07) is 11.2. The van der Waals surface area contributed by atoms with Crippen LogP contribution < -0.4 is 10.1 Å². The van der Waals surface area contributed by atoms with Crippen molar-refractivity contribution >= 4 is 0 Å². The first-order valence-electron chi connectivity index (χ1n) is 7.04. The largest absolute Gasteiger partial charge is 0.459 e. The summed E-state index contributed by atoms with van der Waals surface area (Å²) in [5.74, 6) is 0. The maximum Gasteiger partial charge on any atom is 0.316 e. The standard InChI is InChI=1S/C16H19N3O/c1-12-14(9-17-15-7-8-15)10-18-16(19-12)20-11-13-5-3-2-4-6-13/h2-6,10,15,17H,7-9,11H2,1H3. The minimum atomic E-state index is 0.446. The molecule has 0 bridgehead atoms. The van der Waals surface area contributed by atoms with Crippen LogP contribution >= 0.6 is 0 Å². The van der Waals surface area contributed by atoms with E-state index in [1.165, 1.54) is 12.8 Å². The molecule has 0 saturated heterocycles. The Morgan fingerprint density at radius 1 is 1.25 bits per heavy atom. The number of hydrogen-bond acceptors (Lipinski definition) is 4. The highest BCUT2D eigenvalue weighted by Gasteiger charge is 2.20. The number of aromatic nitrogens is 2. The normalized spacial score (nSPS) is 14.2. The van der Waals surface area contributed by atoms with Crippen LogP contribution in [0.3, 0.4) is 0 Å². The second kappa shape index (κ2) is 6.01. The van der Waals surface area contributed by atoms with Gasteiger partial charge in [0, 0.05) is 30.0 Å². The lowest BCUT2D eigenvalue weighted by Gasteiger charge is -2.08. The third-order valence-corrected chi connectivity index (χ3v) is 3.43. The fourth-order valence-corrected chi connectivity index (χ4v) is 1.98. The van der Waals surface area contributed by atoms with E-state index < -0.39 is 0 Å². The van der Waals surface area contributed by atoms with Crippen LogP contribution in [0.2, 0.25) is 0 Å². The average Bonchev–Trinajstić information content (AvgIpc) is 3.29. The maximum atomic E-state index is 5.62. The first kappa shape index (κ1) is 13.1. The molecule has 4 nitrogen and oxygen atoms in total. The van der Waals surface area contributed by atoms with E-state index in [4.69, 9.17) is 4.74 Å². The minimum absolute atomic E-state index is 0.446. The number of nitrogens with zero attached hydrogens (tertiary/aromatic N) is 2. The predicted octanol–water partition coefficient (Wildman–Crippen LogP) is 2.62. The Balaban J connectivity index is 1.58. The zero-order chi connectivity index (χ0) is 13.8. The molecule has 1 heterocycles. The molecule has 1 aromatic heterocycles. The molecule has 1 aromatic carbocycles. The van der Waals surface area contributed by atoms with E-state index in [1.807, 2.05) is 43.5 Å². The van der Waals surface area contributed by atoms with E-state index in [9.17, 15) is 0 Å². The molecule has 0 spiro atoms. The van der Waals surface area contributed by atoms with Crippen molar-refractivity contribution in [3.8, 4) is 6.01 Å². The Labute approximate surface area is 119 Å². The van der Waals surface area contributed by atoms with Crippen LogP contribution in [0.5, 0.6) is 6.01 Å². The van der Waals surface area contributed by atoms with Crippen molar-refractivity contribution < 1.29 is 4.74 Å². The maximum absolute atomic E-state index is 5.62. The Hall–Kier alpha value is -1.94. The smallest absolute Gasteiger partial charge is 0.316 e. The van der Waals surface area contributed by atoms with E-state index in [0.29, 0.717) is 18.7 Å². The molecular weight excluding hydrogens is 250 g/mol. The van der Waals surface area contributed by atoms with Gasteiger partial charge in [0.15, 0.2) is 0 Å². The van der Waals surface area contributed by atoms with Crippen LogP contribution in [0.4, 0.5) is 0 Å². The number of benzene rings is 1. The SMILES string of the molecule is Cc1nc(OCc2ccccc2)ncc1CNC1CC1. The fourth-order valence-electron chi connectivity index (χ4n) is 1.98. The Kier molecular flexibility index (Phi) is 3.92. The van der Waals surface area contributed by atoms with Gasteiger partial charge in [-0.3, -0.25) is 0 Å². The quantitative estimate of drug-likeness (QED) is 0.875. The monoisotopic (exact) mass is 269 g/mol. The van der Waals surface area contributed by atoms with Gasteiger partial charge in [-0.2, -0.15) is 0 Å². The van der Waals surface area contributed by atoms with Gasteiger partial charge in [-0.05, 0) is 25.3 Å². The highest BCUT2D eigenvalue weighted by atomic mass is 16.5. The van der Waals surface area contributed by atoms with Crippen molar-refractivity contribution in [1.82, 2.24) is 15.3 Å².